The van der Waals surface area contributed by atoms with Crippen molar-refractivity contribution in [2.75, 3.05) is 18.0 Å². The molecular weight excluding hydrogens is 312 g/mol. The summed E-state index contributed by atoms with van der Waals surface area (Å²) in [6.45, 7) is 6.08. The van der Waals surface area contributed by atoms with Gasteiger partial charge in [0, 0.05) is 37.3 Å². The lowest BCUT2D eigenvalue weighted by Gasteiger charge is -2.22. The summed E-state index contributed by atoms with van der Waals surface area (Å²) in [7, 11) is 0. The largest absolute Gasteiger partial charge is 0.335 e. The van der Waals surface area contributed by atoms with E-state index in [2.05, 4.69) is 19.1 Å². The van der Waals surface area contributed by atoms with Gasteiger partial charge in [-0.05, 0) is 55.7 Å². The fourth-order valence-electron chi connectivity index (χ4n) is 3.21. The van der Waals surface area contributed by atoms with Crippen molar-refractivity contribution in [2.24, 2.45) is 0 Å². The molecular formula is C21H24N2O2. The van der Waals surface area contributed by atoms with Crippen molar-refractivity contribution in [1.82, 2.24) is 4.90 Å². The van der Waals surface area contributed by atoms with Gasteiger partial charge in [0.15, 0.2) is 0 Å². The van der Waals surface area contributed by atoms with Gasteiger partial charge in [-0.1, -0.05) is 24.3 Å². The molecule has 0 unspecified atom stereocenters. The van der Waals surface area contributed by atoms with Crippen LogP contribution in [0.15, 0.2) is 48.5 Å². The Kier molecular flexibility index (Phi) is 5.17. The van der Waals surface area contributed by atoms with Crippen molar-refractivity contribution >= 4 is 17.5 Å². The van der Waals surface area contributed by atoms with Crippen molar-refractivity contribution in [3.8, 4) is 0 Å². The van der Waals surface area contributed by atoms with Gasteiger partial charge >= 0.3 is 0 Å². The van der Waals surface area contributed by atoms with E-state index >= 15 is 0 Å². The second-order valence-corrected chi connectivity index (χ2v) is 6.44. The maximum atomic E-state index is 12.8. The number of hydrogen-bond acceptors (Lipinski definition) is 2. The highest BCUT2D eigenvalue weighted by Crippen LogP contribution is 2.22. The van der Waals surface area contributed by atoms with Gasteiger partial charge in [-0.15, -0.1) is 0 Å². The molecule has 3 rings (SSSR count). The van der Waals surface area contributed by atoms with Gasteiger partial charge in [-0.3, -0.25) is 9.59 Å². The smallest absolute Gasteiger partial charge is 0.254 e. The molecule has 1 aliphatic heterocycles. The molecule has 1 heterocycles. The Morgan fingerprint density at radius 1 is 1.12 bits per heavy atom. The summed E-state index contributed by atoms with van der Waals surface area (Å²) in [5.74, 6) is 0.180. The molecule has 2 aromatic rings. The molecule has 0 spiro atoms. The number of amides is 2. The summed E-state index contributed by atoms with van der Waals surface area (Å²) in [6, 6.07) is 15.5. The van der Waals surface area contributed by atoms with Crippen LogP contribution in [0, 0.1) is 6.92 Å². The molecule has 1 saturated heterocycles. The summed E-state index contributed by atoms with van der Waals surface area (Å²) >= 11 is 0. The minimum atomic E-state index is 0.0186. The second-order valence-electron chi connectivity index (χ2n) is 6.44. The highest BCUT2D eigenvalue weighted by molar-refractivity contribution is 5.97. The van der Waals surface area contributed by atoms with Crippen LogP contribution in [0.4, 0.5) is 5.69 Å². The number of carbonyl (C=O) groups excluding carboxylic acids is 2. The first-order valence-electron chi connectivity index (χ1n) is 8.84. The highest BCUT2D eigenvalue weighted by atomic mass is 16.2. The van der Waals surface area contributed by atoms with Crippen molar-refractivity contribution in [2.45, 2.75) is 33.2 Å². The normalized spacial score (nSPS) is 14.0. The summed E-state index contributed by atoms with van der Waals surface area (Å²) in [5, 5.41) is 0. The van der Waals surface area contributed by atoms with Gasteiger partial charge in [0.25, 0.3) is 5.91 Å². The Hall–Kier alpha value is -2.62. The summed E-state index contributed by atoms with van der Waals surface area (Å²) in [6.07, 6.45) is 1.51. The quantitative estimate of drug-likeness (QED) is 0.833. The van der Waals surface area contributed by atoms with Gasteiger partial charge in [0.2, 0.25) is 5.91 Å². The third-order valence-corrected chi connectivity index (χ3v) is 4.79. The number of anilines is 1. The Morgan fingerprint density at radius 2 is 1.84 bits per heavy atom. The van der Waals surface area contributed by atoms with Crippen LogP contribution in [0.2, 0.25) is 0 Å². The number of nitrogens with zero attached hydrogens (tertiary/aromatic N) is 2. The second kappa shape index (κ2) is 7.51. The van der Waals surface area contributed by atoms with Crippen molar-refractivity contribution in [3.05, 3.63) is 65.2 Å². The Bertz CT molecular complexity index is 768. The predicted molar refractivity (Wildman–Crippen MR) is 99.6 cm³/mol. The van der Waals surface area contributed by atoms with Gasteiger partial charge in [0.05, 0.1) is 0 Å². The van der Waals surface area contributed by atoms with Crippen LogP contribution < -0.4 is 4.90 Å². The average Bonchev–Trinajstić information content (AvgIpc) is 3.06. The van der Waals surface area contributed by atoms with E-state index in [9.17, 15) is 9.59 Å². The number of aryl methyl sites for hydroxylation is 1. The molecule has 0 radical (unpaired) electrons. The zero-order valence-corrected chi connectivity index (χ0v) is 14.9. The zero-order valence-electron chi connectivity index (χ0n) is 14.9. The molecule has 25 heavy (non-hydrogen) atoms. The van der Waals surface area contributed by atoms with Crippen LogP contribution in [0.1, 0.15) is 41.3 Å². The first-order chi connectivity index (χ1) is 12.1. The molecule has 2 aromatic carbocycles. The standard InChI is InChI=1S/C21H24N2O2/c1-3-22(15-18-8-5-4-7-16(18)2)21(25)17-10-12-19(13-11-17)23-14-6-9-20(23)24/h4-5,7-8,10-13H,3,6,9,14-15H2,1-2H3. The van der Waals surface area contributed by atoms with E-state index in [1.165, 1.54) is 5.56 Å². The van der Waals surface area contributed by atoms with Crippen LogP contribution in [0.5, 0.6) is 0 Å². The van der Waals surface area contributed by atoms with Crippen LogP contribution in [-0.4, -0.2) is 29.8 Å². The third-order valence-electron chi connectivity index (χ3n) is 4.79. The van der Waals surface area contributed by atoms with E-state index in [0.29, 0.717) is 25.1 Å². The summed E-state index contributed by atoms with van der Waals surface area (Å²) < 4.78 is 0. The molecule has 130 valence electrons. The number of hydrogen-bond donors (Lipinski definition) is 0. The summed E-state index contributed by atoms with van der Waals surface area (Å²) in [5.41, 5.74) is 3.89. The van der Waals surface area contributed by atoms with Gasteiger partial charge in [-0.25, -0.2) is 0 Å². The Balaban J connectivity index is 1.74. The Morgan fingerprint density at radius 3 is 2.44 bits per heavy atom. The first-order valence-corrected chi connectivity index (χ1v) is 8.84. The van der Waals surface area contributed by atoms with Gasteiger partial charge in [-0.2, -0.15) is 0 Å². The average molecular weight is 336 g/mol. The number of carbonyl (C=O) groups is 2. The molecule has 0 aliphatic carbocycles. The lowest BCUT2D eigenvalue weighted by Crippen LogP contribution is -2.30. The monoisotopic (exact) mass is 336 g/mol. The van der Waals surface area contributed by atoms with E-state index in [1.807, 2.05) is 48.2 Å². The molecule has 4 nitrogen and oxygen atoms in total. The lowest BCUT2D eigenvalue weighted by molar-refractivity contribution is -0.117. The highest BCUT2D eigenvalue weighted by Gasteiger charge is 2.22. The van der Waals surface area contributed by atoms with Crippen molar-refractivity contribution < 1.29 is 9.59 Å². The minimum Gasteiger partial charge on any atom is -0.335 e. The van der Waals surface area contributed by atoms with E-state index < -0.39 is 0 Å². The Labute approximate surface area is 149 Å². The molecule has 0 bridgehead atoms. The van der Waals surface area contributed by atoms with Gasteiger partial charge in [0.1, 0.15) is 0 Å². The van der Waals surface area contributed by atoms with Crippen LogP contribution in [-0.2, 0) is 11.3 Å². The molecule has 2 amide bonds. The lowest BCUT2D eigenvalue weighted by atomic mass is 10.1. The SMILES string of the molecule is CCN(Cc1ccccc1C)C(=O)c1ccc(N2CCCC2=O)cc1. The van der Waals surface area contributed by atoms with Crippen molar-refractivity contribution in [1.29, 1.82) is 0 Å². The zero-order chi connectivity index (χ0) is 17.8. The fraction of sp³-hybridized carbons (Fsp3) is 0.333. The molecule has 4 heteroatoms. The molecule has 1 aliphatic rings. The first kappa shape index (κ1) is 17.2. The van der Waals surface area contributed by atoms with Crippen LogP contribution in [0.25, 0.3) is 0 Å². The number of benzene rings is 2. The van der Waals surface area contributed by atoms with E-state index in [4.69, 9.17) is 0 Å². The summed E-state index contributed by atoms with van der Waals surface area (Å²) in [4.78, 5) is 28.3. The fourth-order valence-corrected chi connectivity index (χ4v) is 3.21. The maximum absolute atomic E-state index is 12.8. The minimum absolute atomic E-state index is 0.0186. The third kappa shape index (κ3) is 3.73. The van der Waals surface area contributed by atoms with Gasteiger partial charge < -0.3 is 9.80 Å². The molecule has 0 saturated carbocycles. The number of rotatable bonds is 5. The van der Waals surface area contributed by atoms with E-state index in [-0.39, 0.29) is 11.8 Å². The van der Waals surface area contributed by atoms with Crippen LogP contribution in [0.3, 0.4) is 0 Å². The molecule has 0 N–H and O–H groups in total. The van der Waals surface area contributed by atoms with Crippen molar-refractivity contribution in [3.63, 3.8) is 0 Å². The maximum Gasteiger partial charge on any atom is 0.254 e. The topological polar surface area (TPSA) is 40.6 Å². The predicted octanol–water partition coefficient (Wildman–Crippen LogP) is 3.78. The molecule has 0 atom stereocenters. The molecule has 1 fully saturated rings. The van der Waals surface area contributed by atoms with Crippen LogP contribution >= 0.6 is 0 Å². The van der Waals surface area contributed by atoms with E-state index in [0.717, 1.165) is 24.2 Å². The van der Waals surface area contributed by atoms with E-state index in [1.54, 1.807) is 4.90 Å². The molecule has 0 aromatic heterocycles.